The summed E-state index contributed by atoms with van der Waals surface area (Å²) >= 11 is 0. The largest absolute Gasteiger partial charge is 0.323 e. The van der Waals surface area contributed by atoms with Crippen LogP contribution in [-0.2, 0) is 6.42 Å². The first kappa shape index (κ1) is 11.8. The molecule has 90 valence electrons. The highest BCUT2D eigenvalue weighted by Crippen LogP contribution is 2.25. The van der Waals surface area contributed by atoms with Crippen molar-refractivity contribution in [2.24, 2.45) is 5.84 Å². The summed E-state index contributed by atoms with van der Waals surface area (Å²) in [5.41, 5.74) is 5.61. The van der Waals surface area contributed by atoms with Gasteiger partial charge in [-0.25, -0.2) is 4.39 Å². The van der Waals surface area contributed by atoms with E-state index in [1.807, 2.05) is 6.07 Å². The van der Waals surface area contributed by atoms with E-state index in [4.69, 9.17) is 5.84 Å². The number of anilines is 1. The number of nitrogens with one attached hydrogen (secondary N) is 1. The van der Waals surface area contributed by atoms with Gasteiger partial charge in [0.25, 0.3) is 0 Å². The van der Waals surface area contributed by atoms with Crippen molar-refractivity contribution < 1.29 is 4.39 Å². The molecule has 0 fully saturated rings. The first-order valence-corrected chi connectivity index (χ1v) is 5.72. The Kier molecular flexibility index (Phi) is 3.24. The van der Waals surface area contributed by atoms with Crippen molar-refractivity contribution in [2.75, 3.05) is 5.43 Å². The van der Waals surface area contributed by atoms with Gasteiger partial charge in [-0.1, -0.05) is 13.3 Å². The van der Waals surface area contributed by atoms with Crippen molar-refractivity contribution in [1.29, 1.82) is 0 Å². The summed E-state index contributed by atoms with van der Waals surface area (Å²) < 4.78 is 13.5. The van der Waals surface area contributed by atoms with Crippen molar-refractivity contribution >= 4 is 16.6 Å². The van der Waals surface area contributed by atoms with Crippen LogP contribution in [0.1, 0.15) is 24.6 Å². The Hall–Kier alpha value is -1.68. The van der Waals surface area contributed by atoms with Crippen LogP contribution in [0.4, 0.5) is 10.1 Å². The fraction of sp³-hybridized carbons (Fsp3) is 0.308. The number of benzene rings is 1. The van der Waals surface area contributed by atoms with Gasteiger partial charge in [0.05, 0.1) is 11.2 Å². The Bertz CT molecular complexity index is 552. The molecule has 2 rings (SSSR count). The molecule has 0 aliphatic carbocycles. The summed E-state index contributed by atoms with van der Waals surface area (Å²) in [6.07, 6.45) is 1.86. The number of pyridine rings is 1. The molecule has 1 heterocycles. The van der Waals surface area contributed by atoms with Gasteiger partial charge in [-0.15, -0.1) is 0 Å². The Morgan fingerprint density at radius 3 is 2.76 bits per heavy atom. The smallest absolute Gasteiger partial charge is 0.128 e. The minimum atomic E-state index is -0.235. The summed E-state index contributed by atoms with van der Waals surface area (Å²) in [5.74, 6) is 5.26. The predicted octanol–water partition coefficient (Wildman–Crippen LogP) is 2.92. The van der Waals surface area contributed by atoms with E-state index in [1.165, 1.54) is 6.07 Å². The van der Waals surface area contributed by atoms with Crippen molar-refractivity contribution in [1.82, 2.24) is 4.98 Å². The van der Waals surface area contributed by atoms with Crippen LogP contribution in [0.15, 0.2) is 18.2 Å². The van der Waals surface area contributed by atoms with E-state index in [0.717, 1.165) is 29.6 Å². The highest BCUT2D eigenvalue weighted by molar-refractivity contribution is 5.91. The molecule has 3 nitrogen and oxygen atoms in total. The highest BCUT2D eigenvalue weighted by atomic mass is 19.1. The van der Waals surface area contributed by atoms with Gasteiger partial charge in [0, 0.05) is 17.1 Å². The van der Waals surface area contributed by atoms with Crippen LogP contribution in [0, 0.1) is 12.7 Å². The second-order valence-electron chi connectivity index (χ2n) is 4.17. The lowest BCUT2D eigenvalue weighted by Gasteiger charge is -2.09. The lowest BCUT2D eigenvalue weighted by atomic mass is 10.1. The summed E-state index contributed by atoms with van der Waals surface area (Å²) in [6, 6.07) is 5.15. The molecule has 1 aromatic heterocycles. The van der Waals surface area contributed by atoms with Gasteiger partial charge in [-0.05, 0) is 31.0 Å². The number of halogens is 1. The maximum atomic E-state index is 13.5. The van der Waals surface area contributed by atoms with E-state index in [1.54, 1.807) is 13.0 Å². The third-order valence-corrected chi connectivity index (χ3v) is 2.80. The zero-order valence-corrected chi connectivity index (χ0v) is 10.0. The predicted molar refractivity (Wildman–Crippen MR) is 68.2 cm³/mol. The molecule has 17 heavy (non-hydrogen) atoms. The Labute approximate surface area is 99.8 Å². The van der Waals surface area contributed by atoms with Crippen LogP contribution in [0.2, 0.25) is 0 Å². The van der Waals surface area contributed by atoms with Crippen LogP contribution < -0.4 is 11.3 Å². The zero-order chi connectivity index (χ0) is 12.4. The molecule has 0 radical (unpaired) electrons. The molecule has 0 spiro atoms. The average Bonchev–Trinajstić information content (AvgIpc) is 2.31. The van der Waals surface area contributed by atoms with Gasteiger partial charge in [0.1, 0.15) is 5.82 Å². The number of aryl methyl sites for hydroxylation is 2. The Morgan fingerprint density at radius 1 is 1.35 bits per heavy atom. The number of aromatic nitrogens is 1. The maximum absolute atomic E-state index is 13.5. The fourth-order valence-corrected chi connectivity index (χ4v) is 1.91. The first-order chi connectivity index (χ1) is 8.15. The molecule has 0 aliphatic heterocycles. The normalized spacial score (nSPS) is 10.8. The molecule has 0 unspecified atom stereocenters. The number of rotatable bonds is 3. The van der Waals surface area contributed by atoms with E-state index < -0.39 is 0 Å². The number of nitrogen functional groups attached to an aromatic ring is 1. The third-order valence-electron chi connectivity index (χ3n) is 2.80. The van der Waals surface area contributed by atoms with Crippen LogP contribution >= 0.6 is 0 Å². The monoisotopic (exact) mass is 233 g/mol. The van der Waals surface area contributed by atoms with E-state index in [9.17, 15) is 4.39 Å². The van der Waals surface area contributed by atoms with Gasteiger partial charge in [-0.2, -0.15) is 0 Å². The summed E-state index contributed by atoms with van der Waals surface area (Å²) in [4.78, 5) is 4.44. The topological polar surface area (TPSA) is 50.9 Å². The second-order valence-corrected chi connectivity index (χ2v) is 4.17. The molecule has 0 atom stereocenters. The first-order valence-electron chi connectivity index (χ1n) is 5.72. The van der Waals surface area contributed by atoms with Crippen LogP contribution in [0.3, 0.4) is 0 Å². The number of nitrogens with two attached hydrogens (primary N) is 1. The van der Waals surface area contributed by atoms with E-state index in [-0.39, 0.29) is 5.82 Å². The molecule has 0 aliphatic rings. The Balaban J connectivity index is 2.68. The van der Waals surface area contributed by atoms with Crippen molar-refractivity contribution in [3.05, 3.63) is 35.3 Å². The minimum Gasteiger partial charge on any atom is -0.323 e. The molecule has 1 aromatic carbocycles. The molecule has 4 heteroatoms. The highest BCUT2D eigenvalue weighted by Gasteiger charge is 2.08. The lowest BCUT2D eigenvalue weighted by Crippen LogP contribution is -2.08. The molecule has 0 amide bonds. The average molecular weight is 233 g/mol. The molecule has 0 bridgehead atoms. The fourth-order valence-electron chi connectivity index (χ4n) is 1.91. The SMILES string of the molecule is CCCc1cc(NN)c2cc(C)c(F)cc2n1. The van der Waals surface area contributed by atoms with E-state index >= 15 is 0 Å². The van der Waals surface area contributed by atoms with Gasteiger partial charge in [0.15, 0.2) is 0 Å². The molecular weight excluding hydrogens is 217 g/mol. The summed E-state index contributed by atoms with van der Waals surface area (Å²) in [5, 5.41) is 0.853. The third kappa shape index (κ3) is 2.22. The lowest BCUT2D eigenvalue weighted by molar-refractivity contribution is 0.620. The van der Waals surface area contributed by atoms with Crippen molar-refractivity contribution in [3.63, 3.8) is 0 Å². The van der Waals surface area contributed by atoms with Gasteiger partial charge in [0.2, 0.25) is 0 Å². The standard InChI is InChI=1S/C13H16FN3/c1-3-4-9-6-13(17-15)10-5-8(2)11(14)7-12(10)16-9/h5-7H,3-4,15H2,1-2H3,(H,16,17). The molecule has 2 aromatic rings. The minimum absolute atomic E-state index is 0.235. The Morgan fingerprint density at radius 2 is 2.12 bits per heavy atom. The number of hydrogen-bond acceptors (Lipinski definition) is 3. The number of fused-ring (bicyclic) bond motifs is 1. The quantitative estimate of drug-likeness (QED) is 0.633. The van der Waals surface area contributed by atoms with Crippen molar-refractivity contribution in [3.8, 4) is 0 Å². The van der Waals surface area contributed by atoms with Gasteiger partial charge < -0.3 is 5.43 Å². The molecule has 0 saturated heterocycles. The van der Waals surface area contributed by atoms with Crippen molar-refractivity contribution in [2.45, 2.75) is 26.7 Å². The molecular formula is C13H16FN3. The molecule has 0 saturated carbocycles. The van der Waals surface area contributed by atoms with Crippen LogP contribution in [0.25, 0.3) is 10.9 Å². The zero-order valence-electron chi connectivity index (χ0n) is 10.0. The van der Waals surface area contributed by atoms with Gasteiger partial charge in [-0.3, -0.25) is 10.8 Å². The summed E-state index contributed by atoms with van der Waals surface area (Å²) in [7, 11) is 0. The van der Waals surface area contributed by atoms with Gasteiger partial charge >= 0.3 is 0 Å². The van der Waals surface area contributed by atoms with Crippen LogP contribution in [-0.4, -0.2) is 4.98 Å². The summed E-state index contributed by atoms with van der Waals surface area (Å²) in [6.45, 7) is 3.81. The maximum Gasteiger partial charge on any atom is 0.128 e. The van der Waals surface area contributed by atoms with E-state index in [2.05, 4.69) is 17.3 Å². The second kappa shape index (κ2) is 4.67. The molecule has 3 N–H and O–H groups in total. The van der Waals surface area contributed by atoms with E-state index in [0.29, 0.717) is 11.1 Å². The number of hydrogen-bond donors (Lipinski definition) is 2. The number of hydrazine groups is 1. The number of nitrogens with zero attached hydrogens (tertiary/aromatic N) is 1. The van der Waals surface area contributed by atoms with Crippen LogP contribution in [0.5, 0.6) is 0 Å².